The van der Waals surface area contributed by atoms with Crippen LogP contribution in [0.4, 0.5) is 15.5 Å². The Morgan fingerprint density at radius 1 is 0.943 bits per heavy atom. The summed E-state index contributed by atoms with van der Waals surface area (Å²) in [5, 5.41) is 16.1. The Hall–Kier alpha value is -4.97. The van der Waals surface area contributed by atoms with E-state index < -0.39 is 31.6 Å². The van der Waals surface area contributed by atoms with E-state index in [1.54, 1.807) is 35.0 Å². The lowest BCUT2D eigenvalue weighted by Crippen LogP contribution is -2.45. The molecule has 0 bridgehead atoms. The molecule has 1 N–H and O–H groups in total. The Balaban J connectivity index is 1.30. The van der Waals surface area contributed by atoms with Crippen LogP contribution in [0.2, 0.25) is 18.6 Å². The highest BCUT2D eigenvalue weighted by molar-refractivity contribution is 6.72. The maximum atomic E-state index is 16.6. The normalized spacial score (nSPS) is 22.7. The van der Waals surface area contributed by atoms with Gasteiger partial charge in [-0.3, -0.25) is 14.4 Å². The molecule has 0 saturated carbocycles. The maximum Gasteiger partial charge on any atom is 0.264 e. The van der Waals surface area contributed by atoms with Gasteiger partial charge in [0.05, 0.1) is 42.8 Å². The van der Waals surface area contributed by atoms with Crippen LogP contribution in [-0.2, 0) is 37.8 Å². The smallest absolute Gasteiger partial charge is 0.264 e. The first-order valence-corrected chi connectivity index (χ1v) is 21.2. The summed E-state index contributed by atoms with van der Waals surface area (Å²) in [6.45, 7) is 5.48. The highest BCUT2D eigenvalue weighted by Crippen LogP contribution is 2.61. The number of fused-ring (bicyclic) bond motifs is 2. The number of benzene rings is 4. The highest BCUT2D eigenvalue weighted by Gasteiger charge is 2.67. The Bertz CT molecular complexity index is 2010. The molecule has 4 aromatic rings. The standard InChI is InChI=1S/C42H45FN4O5Si/c1-29-40(53(2,3)43)37(26-39(50)45(23-24-48)27-30-13-7-4-8-14-30)52-42(29)34-25-33(47-38(49)22-20-35(44-47)32-17-11-6-12-18-32)19-21-36(34)46(41(42)51)28-31-15-9-5-10-16-31/h4-19,21,25,29,37,40,48H,20,22-24,26-28H2,1-3H3/t29-,37+,40-,42+/m1/s1. The number of halogens is 1. The van der Waals surface area contributed by atoms with Gasteiger partial charge in [0.25, 0.3) is 5.91 Å². The van der Waals surface area contributed by atoms with Crippen LogP contribution in [0.5, 0.6) is 0 Å². The zero-order valence-corrected chi connectivity index (χ0v) is 31.3. The van der Waals surface area contributed by atoms with Crippen LogP contribution in [-0.4, -0.2) is 61.1 Å². The second-order valence-corrected chi connectivity index (χ2v) is 18.5. The fraction of sp³-hybridized carbons (Fsp3) is 0.333. The van der Waals surface area contributed by atoms with Crippen LogP contribution >= 0.6 is 0 Å². The van der Waals surface area contributed by atoms with Gasteiger partial charge in [-0.2, -0.15) is 5.10 Å². The molecule has 4 atom stereocenters. The van der Waals surface area contributed by atoms with Gasteiger partial charge in [-0.05, 0) is 48.0 Å². The number of aliphatic hydroxyl groups is 1. The second-order valence-electron chi connectivity index (χ2n) is 14.7. The zero-order valence-electron chi connectivity index (χ0n) is 30.3. The number of carbonyl (C=O) groups is 3. The van der Waals surface area contributed by atoms with Gasteiger partial charge < -0.3 is 23.8 Å². The quantitative estimate of drug-likeness (QED) is 0.133. The molecule has 3 heterocycles. The minimum absolute atomic E-state index is 0.105. The summed E-state index contributed by atoms with van der Waals surface area (Å²) in [5.41, 5.74) is 2.81. The van der Waals surface area contributed by atoms with E-state index in [-0.39, 0.29) is 56.8 Å². The molecule has 4 aromatic carbocycles. The second kappa shape index (κ2) is 14.8. The topological polar surface area (TPSA) is 103 Å². The number of amides is 3. The predicted octanol–water partition coefficient (Wildman–Crippen LogP) is 6.95. The number of anilines is 2. The van der Waals surface area contributed by atoms with Crippen molar-refractivity contribution >= 4 is 43.2 Å². The monoisotopic (exact) mass is 732 g/mol. The predicted molar refractivity (Wildman–Crippen MR) is 205 cm³/mol. The number of hydrogen-bond acceptors (Lipinski definition) is 6. The third-order valence-corrected chi connectivity index (χ3v) is 13.3. The fourth-order valence-electron chi connectivity index (χ4n) is 8.40. The molecule has 0 radical (unpaired) electrons. The average Bonchev–Trinajstić information content (AvgIpc) is 3.58. The number of hydrazone groups is 1. The van der Waals surface area contributed by atoms with Crippen LogP contribution in [0.1, 0.15) is 48.4 Å². The van der Waals surface area contributed by atoms with Gasteiger partial charge in [-0.1, -0.05) is 97.9 Å². The van der Waals surface area contributed by atoms with Gasteiger partial charge in [-0.15, -0.1) is 0 Å². The lowest BCUT2D eigenvalue weighted by Gasteiger charge is -2.31. The van der Waals surface area contributed by atoms with Gasteiger partial charge >= 0.3 is 0 Å². The third kappa shape index (κ3) is 6.96. The van der Waals surface area contributed by atoms with Gasteiger partial charge in [0.2, 0.25) is 20.2 Å². The van der Waals surface area contributed by atoms with Crippen molar-refractivity contribution in [2.75, 3.05) is 23.1 Å². The van der Waals surface area contributed by atoms with Crippen LogP contribution < -0.4 is 9.91 Å². The maximum absolute atomic E-state index is 16.6. The molecule has 0 aliphatic carbocycles. The fourth-order valence-corrected chi connectivity index (χ4v) is 10.9. The molecule has 7 rings (SSSR count). The minimum atomic E-state index is -3.59. The van der Waals surface area contributed by atoms with Crippen LogP contribution in [0.15, 0.2) is 114 Å². The molecule has 3 aliphatic heterocycles. The van der Waals surface area contributed by atoms with Crippen molar-refractivity contribution in [1.82, 2.24) is 4.90 Å². The highest BCUT2D eigenvalue weighted by atomic mass is 28.4. The van der Waals surface area contributed by atoms with Crippen molar-refractivity contribution in [2.45, 2.75) is 69.6 Å². The largest absolute Gasteiger partial charge is 0.395 e. The zero-order chi connectivity index (χ0) is 37.3. The molecule has 1 spiro atoms. The van der Waals surface area contributed by atoms with E-state index in [2.05, 4.69) is 0 Å². The molecular formula is C42H45FN4O5Si. The minimum Gasteiger partial charge on any atom is -0.395 e. The molecule has 1 saturated heterocycles. The molecular weight excluding hydrogens is 688 g/mol. The van der Waals surface area contributed by atoms with Crippen molar-refractivity contribution < 1.29 is 28.3 Å². The molecule has 53 heavy (non-hydrogen) atoms. The van der Waals surface area contributed by atoms with E-state index in [0.29, 0.717) is 23.4 Å². The summed E-state index contributed by atoms with van der Waals surface area (Å²) < 4.78 is 23.6. The average molecular weight is 733 g/mol. The SMILES string of the molecule is C[C@@H]1[C@@H]([Si](C)(C)F)[C@H](CC(=O)N(CCO)Cc2ccccc2)O[C@@]12C(=O)N(Cc1ccccc1)c1ccc(N3N=C(c4ccccc4)CCC3=O)cc12. The third-order valence-electron chi connectivity index (χ3n) is 10.8. The first-order chi connectivity index (χ1) is 25.5. The Kier molecular flexibility index (Phi) is 10.2. The van der Waals surface area contributed by atoms with E-state index in [0.717, 1.165) is 22.4 Å². The number of aliphatic hydroxyl groups excluding tert-OH is 1. The summed E-state index contributed by atoms with van der Waals surface area (Å²) in [5.74, 6) is -1.43. The Morgan fingerprint density at radius 3 is 2.23 bits per heavy atom. The van der Waals surface area contributed by atoms with Gasteiger partial charge in [0.15, 0.2) is 5.60 Å². The van der Waals surface area contributed by atoms with Crippen LogP contribution in [0.3, 0.4) is 0 Å². The van der Waals surface area contributed by atoms with E-state index in [4.69, 9.17) is 9.84 Å². The van der Waals surface area contributed by atoms with E-state index in [1.165, 1.54) is 5.01 Å². The van der Waals surface area contributed by atoms with Gasteiger partial charge in [0, 0.05) is 43.0 Å². The molecule has 1 fully saturated rings. The van der Waals surface area contributed by atoms with Crippen LogP contribution in [0, 0.1) is 5.92 Å². The number of hydrogen-bond donors (Lipinski definition) is 1. The molecule has 3 aliphatic rings. The molecule has 11 heteroatoms. The first-order valence-electron chi connectivity index (χ1n) is 18.3. The van der Waals surface area contributed by atoms with Crippen molar-refractivity contribution in [1.29, 1.82) is 0 Å². The van der Waals surface area contributed by atoms with E-state index >= 15 is 8.90 Å². The summed E-state index contributed by atoms with van der Waals surface area (Å²) in [7, 11) is -3.59. The molecule has 3 amide bonds. The number of rotatable bonds is 11. The summed E-state index contributed by atoms with van der Waals surface area (Å²) in [4.78, 5) is 45.7. The van der Waals surface area contributed by atoms with Crippen molar-refractivity contribution in [3.8, 4) is 0 Å². The molecule has 9 nitrogen and oxygen atoms in total. The van der Waals surface area contributed by atoms with E-state index in [9.17, 15) is 14.7 Å². The lowest BCUT2D eigenvalue weighted by atomic mass is 9.82. The number of ether oxygens (including phenoxy) is 1. The molecule has 0 unspecified atom stereocenters. The van der Waals surface area contributed by atoms with Crippen molar-refractivity contribution in [3.63, 3.8) is 0 Å². The van der Waals surface area contributed by atoms with Gasteiger partial charge in [0.1, 0.15) is 0 Å². The summed E-state index contributed by atoms with van der Waals surface area (Å²) in [6.07, 6.45) is -0.288. The summed E-state index contributed by atoms with van der Waals surface area (Å²) in [6, 6.07) is 34.3. The molecule has 0 aromatic heterocycles. The van der Waals surface area contributed by atoms with Crippen molar-refractivity contribution in [2.24, 2.45) is 11.0 Å². The first kappa shape index (κ1) is 36.4. The number of nitrogens with zero attached hydrogens (tertiary/aromatic N) is 4. The van der Waals surface area contributed by atoms with Crippen LogP contribution in [0.25, 0.3) is 0 Å². The Morgan fingerprint density at radius 2 is 1.58 bits per heavy atom. The summed E-state index contributed by atoms with van der Waals surface area (Å²) >= 11 is 0. The van der Waals surface area contributed by atoms with E-state index in [1.807, 2.05) is 104 Å². The lowest BCUT2D eigenvalue weighted by molar-refractivity contribution is -0.150. The Labute approximate surface area is 310 Å². The van der Waals surface area contributed by atoms with Gasteiger partial charge in [-0.25, -0.2) is 5.01 Å². The molecule has 274 valence electrons. The van der Waals surface area contributed by atoms with Crippen molar-refractivity contribution in [3.05, 3.63) is 131 Å². The number of carbonyl (C=O) groups excluding carboxylic acids is 3.